The minimum Gasteiger partial charge on any atom is -0.355 e. The van der Waals surface area contributed by atoms with Crippen LogP contribution in [-0.4, -0.2) is 43.4 Å². The van der Waals surface area contributed by atoms with Crippen molar-refractivity contribution in [1.82, 2.24) is 5.32 Å². The number of rotatable bonds is 5. The van der Waals surface area contributed by atoms with Gasteiger partial charge < -0.3 is 5.32 Å². The Kier molecular flexibility index (Phi) is 4.95. The molecule has 1 unspecified atom stereocenters. The number of sulfone groups is 1. The molecular weight excluding hydrogens is 270 g/mol. The van der Waals surface area contributed by atoms with Crippen molar-refractivity contribution >= 4 is 27.5 Å². The Morgan fingerprint density at radius 1 is 1.22 bits per heavy atom. The predicted molar refractivity (Wildman–Crippen MR) is 74.5 cm³/mol. The summed E-state index contributed by atoms with van der Waals surface area (Å²) in [5.41, 5.74) is 0. The fourth-order valence-electron chi connectivity index (χ4n) is 2.59. The molecule has 0 radical (unpaired) electrons. The van der Waals surface area contributed by atoms with Gasteiger partial charge in [0, 0.05) is 11.8 Å². The Hall–Kier alpha value is -0.230. The van der Waals surface area contributed by atoms with E-state index in [0.717, 1.165) is 0 Å². The molecule has 0 spiro atoms. The number of amides is 1. The molecule has 1 amide bonds. The molecule has 0 aromatic carbocycles. The topological polar surface area (TPSA) is 63.2 Å². The molecular formula is C12H21NO3S2. The van der Waals surface area contributed by atoms with Gasteiger partial charge in [0.25, 0.3) is 0 Å². The van der Waals surface area contributed by atoms with Crippen LogP contribution in [0.25, 0.3) is 0 Å². The Morgan fingerprint density at radius 3 is 2.56 bits per heavy atom. The fraction of sp³-hybridized carbons (Fsp3) is 0.917. The molecule has 4 nitrogen and oxygen atoms in total. The van der Waals surface area contributed by atoms with E-state index in [-0.39, 0.29) is 23.3 Å². The maximum Gasteiger partial charge on any atom is 0.230 e. The molecule has 1 atom stereocenters. The Morgan fingerprint density at radius 2 is 1.94 bits per heavy atom. The smallest absolute Gasteiger partial charge is 0.230 e. The first-order valence-corrected chi connectivity index (χ1v) is 9.51. The van der Waals surface area contributed by atoms with Crippen molar-refractivity contribution in [2.75, 3.05) is 23.8 Å². The van der Waals surface area contributed by atoms with E-state index >= 15 is 0 Å². The van der Waals surface area contributed by atoms with Crippen molar-refractivity contribution in [3.63, 3.8) is 0 Å². The van der Waals surface area contributed by atoms with Crippen LogP contribution in [0.4, 0.5) is 0 Å². The summed E-state index contributed by atoms with van der Waals surface area (Å²) in [6, 6.07) is 0. The van der Waals surface area contributed by atoms with Crippen molar-refractivity contribution in [3.05, 3.63) is 0 Å². The summed E-state index contributed by atoms with van der Waals surface area (Å²) < 4.78 is 22.5. The van der Waals surface area contributed by atoms with Gasteiger partial charge in [-0.2, -0.15) is 0 Å². The van der Waals surface area contributed by atoms with E-state index in [1.807, 2.05) is 0 Å². The SMILES string of the molecule is O=C(CSC1CCCC1)NCC1CCS(=O)(=O)C1. The molecule has 6 heteroatoms. The summed E-state index contributed by atoms with van der Waals surface area (Å²) >= 11 is 1.74. The number of carbonyl (C=O) groups excluding carboxylic acids is 1. The van der Waals surface area contributed by atoms with Gasteiger partial charge in [-0.15, -0.1) is 11.8 Å². The number of carbonyl (C=O) groups is 1. The lowest BCUT2D eigenvalue weighted by Gasteiger charge is -2.11. The van der Waals surface area contributed by atoms with Crippen molar-refractivity contribution < 1.29 is 13.2 Å². The van der Waals surface area contributed by atoms with Crippen LogP contribution in [0.2, 0.25) is 0 Å². The van der Waals surface area contributed by atoms with Crippen LogP contribution in [0.1, 0.15) is 32.1 Å². The highest BCUT2D eigenvalue weighted by Crippen LogP contribution is 2.29. The predicted octanol–water partition coefficient (Wildman–Crippen LogP) is 1.21. The van der Waals surface area contributed by atoms with Crippen LogP contribution in [-0.2, 0) is 14.6 Å². The van der Waals surface area contributed by atoms with Gasteiger partial charge >= 0.3 is 0 Å². The van der Waals surface area contributed by atoms with Gasteiger partial charge in [0.1, 0.15) is 0 Å². The number of hydrogen-bond acceptors (Lipinski definition) is 4. The van der Waals surface area contributed by atoms with E-state index in [1.165, 1.54) is 25.7 Å². The Balaban J connectivity index is 1.60. The van der Waals surface area contributed by atoms with Gasteiger partial charge in [0.2, 0.25) is 5.91 Å². The van der Waals surface area contributed by atoms with Crippen LogP contribution in [0.3, 0.4) is 0 Å². The van der Waals surface area contributed by atoms with Crippen LogP contribution in [0, 0.1) is 5.92 Å². The average molecular weight is 291 g/mol. The first kappa shape index (κ1) is 14.2. The van der Waals surface area contributed by atoms with Gasteiger partial charge in [0.05, 0.1) is 17.3 Å². The van der Waals surface area contributed by atoms with Gasteiger partial charge in [-0.1, -0.05) is 12.8 Å². The van der Waals surface area contributed by atoms with E-state index in [4.69, 9.17) is 0 Å². The maximum absolute atomic E-state index is 11.6. The third-order valence-electron chi connectivity index (χ3n) is 3.67. The molecule has 1 aliphatic carbocycles. The normalized spacial score (nSPS) is 27.4. The fourth-order valence-corrected chi connectivity index (χ4v) is 5.61. The van der Waals surface area contributed by atoms with Crippen LogP contribution in [0.15, 0.2) is 0 Å². The quantitative estimate of drug-likeness (QED) is 0.827. The first-order valence-electron chi connectivity index (χ1n) is 6.64. The molecule has 2 aliphatic rings. The van der Waals surface area contributed by atoms with E-state index < -0.39 is 9.84 Å². The van der Waals surface area contributed by atoms with Gasteiger partial charge in [0.15, 0.2) is 9.84 Å². The van der Waals surface area contributed by atoms with Crippen molar-refractivity contribution in [2.24, 2.45) is 5.92 Å². The molecule has 104 valence electrons. The first-order chi connectivity index (χ1) is 8.55. The van der Waals surface area contributed by atoms with E-state index in [9.17, 15) is 13.2 Å². The monoisotopic (exact) mass is 291 g/mol. The molecule has 1 heterocycles. The number of thioether (sulfide) groups is 1. The van der Waals surface area contributed by atoms with Crippen LogP contribution in [0.5, 0.6) is 0 Å². The van der Waals surface area contributed by atoms with Crippen molar-refractivity contribution in [2.45, 2.75) is 37.4 Å². The van der Waals surface area contributed by atoms with Crippen LogP contribution >= 0.6 is 11.8 Å². The van der Waals surface area contributed by atoms with E-state index in [0.29, 0.717) is 24.0 Å². The third kappa shape index (κ3) is 4.46. The largest absolute Gasteiger partial charge is 0.355 e. The lowest BCUT2D eigenvalue weighted by atomic mass is 10.1. The molecule has 1 aliphatic heterocycles. The lowest BCUT2D eigenvalue weighted by Crippen LogP contribution is -2.31. The van der Waals surface area contributed by atoms with Crippen LogP contribution < -0.4 is 5.32 Å². The summed E-state index contributed by atoms with van der Waals surface area (Å²) in [6.45, 7) is 0.517. The highest BCUT2D eigenvalue weighted by Gasteiger charge is 2.28. The third-order valence-corrected chi connectivity index (χ3v) is 6.88. The molecule has 0 aromatic rings. The highest BCUT2D eigenvalue weighted by molar-refractivity contribution is 8.00. The summed E-state index contributed by atoms with van der Waals surface area (Å²) in [6.07, 6.45) is 5.74. The van der Waals surface area contributed by atoms with Gasteiger partial charge in [-0.05, 0) is 25.2 Å². The molecule has 2 rings (SSSR count). The molecule has 0 bridgehead atoms. The molecule has 0 aromatic heterocycles. The maximum atomic E-state index is 11.6. The number of nitrogens with one attached hydrogen (secondary N) is 1. The zero-order chi connectivity index (χ0) is 13.0. The summed E-state index contributed by atoms with van der Waals surface area (Å²) in [5.74, 6) is 1.21. The molecule has 1 saturated carbocycles. The van der Waals surface area contributed by atoms with Crippen molar-refractivity contribution in [1.29, 1.82) is 0 Å². The molecule has 1 N–H and O–H groups in total. The molecule has 18 heavy (non-hydrogen) atoms. The number of hydrogen-bond donors (Lipinski definition) is 1. The zero-order valence-electron chi connectivity index (χ0n) is 10.6. The second-order valence-electron chi connectivity index (χ2n) is 5.29. The van der Waals surface area contributed by atoms with E-state index in [1.54, 1.807) is 11.8 Å². The highest BCUT2D eigenvalue weighted by atomic mass is 32.2. The zero-order valence-corrected chi connectivity index (χ0v) is 12.2. The Bertz CT molecular complexity index is 388. The minimum atomic E-state index is -2.83. The molecule has 2 fully saturated rings. The Labute approximate surface area is 113 Å². The average Bonchev–Trinajstić information content (AvgIpc) is 2.93. The second kappa shape index (κ2) is 6.28. The lowest BCUT2D eigenvalue weighted by molar-refractivity contribution is -0.118. The van der Waals surface area contributed by atoms with E-state index in [2.05, 4.69) is 5.32 Å². The summed E-state index contributed by atoms with van der Waals surface area (Å²) in [7, 11) is -2.83. The second-order valence-corrected chi connectivity index (χ2v) is 8.81. The summed E-state index contributed by atoms with van der Waals surface area (Å²) in [4.78, 5) is 11.6. The minimum absolute atomic E-state index is 0.0520. The van der Waals surface area contributed by atoms with Gasteiger partial charge in [-0.25, -0.2) is 8.42 Å². The van der Waals surface area contributed by atoms with Gasteiger partial charge in [-0.3, -0.25) is 4.79 Å². The van der Waals surface area contributed by atoms with Crippen molar-refractivity contribution in [3.8, 4) is 0 Å². The summed E-state index contributed by atoms with van der Waals surface area (Å²) in [5, 5.41) is 3.52. The molecule has 1 saturated heterocycles. The standard InChI is InChI=1S/C12H21NO3S2/c14-12(8-17-11-3-1-2-4-11)13-7-10-5-6-18(15,16)9-10/h10-11H,1-9H2,(H,13,14).